The van der Waals surface area contributed by atoms with E-state index >= 15 is 0 Å². The second-order valence-corrected chi connectivity index (χ2v) is 2.85. The van der Waals surface area contributed by atoms with E-state index in [9.17, 15) is 9.18 Å². The topological polar surface area (TPSA) is 102 Å². The van der Waals surface area contributed by atoms with Crippen LogP contribution in [0.3, 0.4) is 0 Å². The first kappa shape index (κ1) is 11.8. The van der Waals surface area contributed by atoms with Crippen LogP contribution >= 0.6 is 0 Å². The fraction of sp³-hybridized carbons (Fsp3) is 0.111. The third-order valence-electron chi connectivity index (χ3n) is 1.86. The molecule has 7 heteroatoms. The molecule has 6 nitrogen and oxygen atoms in total. The molecule has 0 aliphatic heterocycles. The largest absolute Gasteiger partial charge is 0.504 e. The highest BCUT2D eigenvalue weighted by Crippen LogP contribution is 2.29. The Bertz CT molecular complexity index is 436. The summed E-state index contributed by atoms with van der Waals surface area (Å²) in [4.78, 5) is 11.2. The van der Waals surface area contributed by atoms with Gasteiger partial charge in [0.05, 0.1) is 0 Å². The Hall–Kier alpha value is -2.31. The van der Waals surface area contributed by atoms with Gasteiger partial charge in [0, 0.05) is 12.6 Å². The monoisotopic (exact) mass is 228 g/mol. The first-order chi connectivity index (χ1) is 7.51. The first-order valence-electron chi connectivity index (χ1n) is 4.17. The molecule has 1 aromatic carbocycles. The molecule has 0 heterocycles. The zero-order chi connectivity index (χ0) is 12.3. The van der Waals surface area contributed by atoms with Crippen LogP contribution in [0.2, 0.25) is 0 Å². The molecule has 4 N–H and O–H groups in total. The van der Waals surface area contributed by atoms with Crippen molar-refractivity contribution < 1.29 is 24.6 Å². The summed E-state index contributed by atoms with van der Waals surface area (Å²) in [6.45, 7) is 0. The minimum Gasteiger partial charge on any atom is -0.504 e. The fourth-order valence-electron chi connectivity index (χ4n) is 1.07. The number of likely N-dealkylation sites (N-methyl/N-ethyl adjacent to an activating group) is 1. The van der Waals surface area contributed by atoms with Crippen LogP contribution in [0, 0.1) is 5.82 Å². The standard InChI is InChI=1S/C9H9FN2O4/c1-11-9(15)7(12-16)4-2-5(10)8(14)6(13)3-4/h2-3,13-14,16H,1H3,(H,11,15). The summed E-state index contributed by atoms with van der Waals surface area (Å²) >= 11 is 0. The number of halogens is 1. The van der Waals surface area contributed by atoms with Crippen molar-refractivity contribution in [3.8, 4) is 11.5 Å². The van der Waals surface area contributed by atoms with E-state index in [-0.39, 0.29) is 5.56 Å². The molecule has 1 aromatic rings. The third-order valence-corrected chi connectivity index (χ3v) is 1.86. The molecular formula is C9H9FN2O4. The van der Waals surface area contributed by atoms with Gasteiger partial charge < -0.3 is 20.7 Å². The number of aromatic hydroxyl groups is 2. The van der Waals surface area contributed by atoms with E-state index < -0.39 is 28.9 Å². The fourth-order valence-corrected chi connectivity index (χ4v) is 1.07. The Morgan fingerprint density at radius 1 is 1.44 bits per heavy atom. The highest BCUT2D eigenvalue weighted by molar-refractivity contribution is 6.45. The maximum atomic E-state index is 13.0. The molecule has 86 valence electrons. The number of nitrogens with one attached hydrogen (secondary N) is 1. The molecule has 0 fully saturated rings. The lowest BCUT2D eigenvalue weighted by Gasteiger charge is -2.05. The predicted molar refractivity (Wildman–Crippen MR) is 52.1 cm³/mol. The van der Waals surface area contributed by atoms with Crippen LogP contribution in [0.5, 0.6) is 11.5 Å². The number of hydrogen-bond acceptors (Lipinski definition) is 5. The van der Waals surface area contributed by atoms with Crippen molar-refractivity contribution in [2.75, 3.05) is 7.05 Å². The number of rotatable bonds is 2. The molecule has 0 radical (unpaired) electrons. The smallest absolute Gasteiger partial charge is 0.273 e. The number of carbonyl (C=O) groups is 1. The molecule has 0 unspecified atom stereocenters. The number of benzene rings is 1. The number of amides is 1. The molecule has 0 atom stereocenters. The Kier molecular flexibility index (Phi) is 3.29. The van der Waals surface area contributed by atoms with Crippen molar-refractivity contribution in [1.82, 2.24) is 5.32 Å². The molecule has 16 heavy (non-hydrogen) atoms. The van der Waals surface area contributed by atoms with E-state index in [0.717, 1.165) is 12.1 Å². The molecule has 0 spiro atoms. The van der Waals surface area contributed by atoms with Crippen LogP contribution in [0.25, 0.3) is 0 Å². The van der Waals surface area contributed by atoms with Gasteiger partial charge in [-0.05, 0) is 12.1 Å². The molecule has 0 bridgehead atoms. The van der Waals surface area contributed by atoms with E-state index in [1.807, 2.05) is 0 Å². The minimum atomic E-state index is -1.12. The highest BCUT2D eigenvalue weighted by atomic mass is 19.1. The van der Waals surface area contributed by atoms with E-state index in [2.05, 4.69) is 10.5 Å². The summed E-state index contributed by atoms with van der Waals surface area (Å²) in [5.41, 5.74) is -0.633. The van der Waals surface area contributed by atoms with Crippen LogP contribution < -0.4 is 5.32 Å². The number of hydrogen-bond donors (Lipinski definition) is 4. The number of carbonyl (C=O) groups excluding carboxylic acids is 1. The lowest BCUT2D eigenvalue weighted by Crippen LogP contribution is -2.28. The van der Waals surface area contributed by atoms with Crippen molar-refractivity contribution in [1.29, 1.82) is 0 Å². The van der Waals surface area contributed by atoms with Crippen molar-refractivity contribution in [3.63, 3.8) is 0 Å². The van der Waals surface area contributed by atoms with E-state index in [0.29, 0.717) is 0 Å². The SMILES string of the molecule is CNC(=O)C(=NO)c1cc(O)c(O)c(F)c1. The summed E-state index contributed by atoms with van der Waals surface area (Å²) in [5, 5.41) is 31.5. The number of phenolic OH excluding ortho intramolecular Hbond substituents is 2. The van der Waals surface area contributed by atoms with Crippen molar-refractivity contribution >= 4 is 11.6 Å². The maximum Gasteiger partial charge on any atom is 0.273 e. The minimum absolute atomic E-state index is 0.158. The Labute approximate surface area is 89.6 Å². The van der Waals surface area contributed by atoms with Crippen LogP contribution in [0.4, 0.5) is 4.39 Å². The number of phenols is 2. The van der Waals surface area contributed by atoms with Gasteiger partial charge in [-0.15, -0.1) is 0 Å². The van der Waals surface area contributed by atoms with Crippen LogP contribution in [-0.4, -0.2) is 34.1 Å². The summed E-state index contributed by atoms with van der Waals surface area (Å²) in [7, 11) is 1.30. The summed E-state index contributed by atoms with van der Waals surface area (Å²) in [6.07, 6.45) is 0. The van der Waals surface area contributed by atoms with Gasteiger partial charge in [0.1, 0.15) is 0 Å². The zero-order valence-electron chi connectivity index (χ0n) is 8.23. The maximum absolute atomic E-state index is 13.0. The highest BCUT2D eigenvalue weighted by Gasteiger charge is 2.17. The van der Waals surface area contributed by atoms with E-state index in [4.69, 9.17) is 15.4 Å². The second kappa shape index (κ2) is 4.47. The van der Waals surface area contributed by atoms with Gasteiger partial charge in [-0.1, -0.05) is 5.16 Å². The molecule has 0 aliphatic carbocycles. The van der Waals surface area contributed by atoms with Crippen molar-refractivity contribution in [3.05, 3.63) is 23.5 Å². The van der Waals surface area contributed by atoms with Gasteiger partial charge in [-0.2, -0.15) is 0 Å². The normalized spacial score (nSPS) is 11.2. The quantitative estimate of drug-likeness (QED) is 0.250. The van der Waals surface area contributed by atoms with Crippen LogP contribution in [0.15, 0.2) is 17.3 Å². The van der Waals surface area contributed by atoms with Gasteiger partial charge in [0.15, 0.2) is 23.0 Å². The molecule has 0 aromatic heterocycles. The van der Waals surface area contributed by atoms with Crippen molar-refractivity contribution in [2.24, 2.45) is 5.16 Å². The Balaban J connectivity index is 3.28. The third kappa shape index (κ3) is 2.02. The van der Waals surface area contributed by atoms with Crippen molar-refractivity contribution in [2.45, 2.75) is 0 Å². The van der Waals surface area contributed by atoms with Gasteiger partial charge >= 0.3 is 0 Å². The second-order valence-electron chi connectivity index (χ2n) is 2.85. The molecule has 1 rings (SSSR count). The summed E-state index contributed by atoms with van der Waals surface area (Å²) in [5.74, 6) is -3.56. The molecular weight excluding hydrogens is 219 g/mol. The number of nitrogens with zero attached hydrogens (tertiary/aromatic N) is 1. The molecule has 0 saturated heterocycles. The lowest BCUT2D eigenvalue weighted by atomic mass is 10.1. The molecule has 1 amide bonds. The Morgan fingerprint density at radius 2 is 2.06 bits per heavy atom. The lowest BCUT2D eigenvalue weighted by molar-refractivity contribution is -0.114. The van der Waals surface area contributed by atoms with Crippen LogP contribution in [0.1, 0.15) is 5.56 Å². The average Bonchev–Trinajstić information content (AvgIpc) is 2.26. The van der Waals surface area contributed by atoms with Gasteiger partial charge in [-0.3, -0.25) is 4.79 Å². The van der Waals surface area contributed by atoms with Gasteiger partial charge in [-0.25, -0.2) is 4.39 Å². The van der Waals surface area contributed by atoms with Crippen LogP contribution in [-0.2, 0) is 4.79 Å². The summed E-state index contributed by atoms with van der Waals surface area (Å²) < 4.78 is 13.0. The van der Waals surface area contributed by atoms with Gasteiger partial charge in [0.25, 0.3) is 5.91 Å². The zero-order valence-corrected chi connectivity index (χ0v) is 8.23. The first-order valence-corrected chi connectivity index (χ1v) is 4.17. The predicted octanol–water partition coefficient (Wildman–Crippen LogP) is 0.161. The summed E-state index contributed by atoms with van der Waals surface area (Å²) in [6, 6.07) is 1.67. The molecule has 0 aliphatic rings. The van der Waals surface area contributed by atoms with E-state index in [1.165, 1.54) is 7.05 Å². The van der Waals surface area contributed by atoms with Gasteiger partial charge in [0.2, 0.25) is 0 Å². The number of oxime groups is 1. The average molecular weight is 228 g/mol. The Morgan fingerprint density at radius 3 is 2.50 bits per heavy atom. The van der Waals surface area contributed by atoms with E-state index in [1.54, 1.807) is 0 Å². The molecule has 0 saturated carbocycles.